The fraction of sp³-hybridized carbons (Fsp3) is 0.125. The van der Waals surface area contributed by atoms with Crippen molar-refractivity contribution in [2.75, 3.05) is 5.43 Å². The van der Waals surface area contributed by atoms with E-state index in [9.17, 15) is 4.79 Å². The number of nitrogens with one attached hydrogen (secondary N) is 2. The molecule has 0 spiro atoms. The summed E-state index contributed by atoms with van der Waals surface area (Å²) in [5.41, 5.74) is 5.03. The molecule has 1 amide bonds. The van der Waals surface area contributed by atoms with Gasteiger partial charge in [0.1, 0.15) is 0 Å². The fourth-order valence-electron chi connectivity index (χ4n) is 1.39. The average Bonchev–Trinajstić information content (AvgIpc) is 2.48. The van der Waals surface area contributed by atoms with Crippen LogP contribution in [0.1, 0.15) is 15.9 Å². The molecule has 0 saturated carbocycles. The number of benzene rings is 1. The molecule has 4 N–H and O–H groups in total. The summed E-state index contributed by atoms with van der Waals surface area (Å²) in [6.45, 7) is 0.564. The fourth-order valence-corrected chi connectivity index (χ4v) is 1.39. The van der Waals surface area contributed by atoms with Crippen molar-refractivity contribution in [1.82, 2.24) is 5.32 Å². The van der Waals surface area contributed by atoms with Gasteiger partial charge in [-0.2, -0.15) is 0 Å². The standard InChI is InChI=1S/C8H9N3O.ClH/c9-11-7-3-1-2-5-6(7)4-10-8(5)12;/h1-3,11H,4,9H2,(H,10,12);1H. The maximum absolute atomic E-state index is 11.2. The molecule has 2 rings (SSSR count). The van der Waals surface area contributed by atoms with Gasteiger partial charge in [-0.3, -0.25) is 10.6 Å². The zero-order chi connectivity index (χ0) is 8.55. The number of fused-ring (bicyclic) bond motifs is 1. The summed E-state index contributed by atoms with van der Waals surface area (Å²) < 4.78 is 0. The van der Waals surface area contributed by atoms with Crippen molar-refractivity contribution >= 4 is 24.0 Å². The quantitative estimate of drug-likeness (QED) is 0.459. The number of anilines is 1. The first-order valence-corrected chi connectivity index (χ1v) is 3.69. The predicted molar refractivity (Wildman–Crippen MR) is 52.7 cm³/mol. The smallest absolute Gasteiger partial charge is 0.251 e. The number of carbonyl (C=O) groups is 1. The van der Waals surface area contributed by atoms with Gasteiger partial charge in [0.05, 0.1) is 5.69 Å². The lowest BCUT2D eigenvalue weighted by atomic mass is 10.1. The molecule has 0 radical (unpaired) electrons. The molecule has 0 atom stereocenters. The summed E-state index contributed by atoms with van der Waals surface area (Å²) in [6.07, 6.45) is 0. The molecule has 1 aromatic rings. The normalized spacial score (nSPS) is 12.8. The van der Waals surface area contributed by atoms with Gasteiger partial charge in [-0.25, -0.2) is 0 Å². The average molecular weight is 200 g/mol. The van der Waals surface area contributed by atoms with Crippen molar-refractivity contribution in [2.45, 2.75) is 6.54 Å². The van der Waals surface area contributed by atoms with Gasteiger partial charge in [-0.15, -0.1) is 12.4 Å². The van der Waals surface area contributed by atoms with Crippen molar-refractivity contribution in [1.29, 1.82) is 0 Å². The molecule has 1 heterocycles. The Morgan fingerprint density at radius 1 is 1.46 bits per heavy atom. The lowest BCUT2D eigenvalue weighted by molar-refractivity contribution is 0.0966. The Hall–Kier alpha value is -1.26. The third-order valence-electron chi connectivity index (χ3n) is 2.00. The first kappa shape index (κ1) is 9.83. The molecular weight excluding hydrogens is 190 g/mol. The molecule has 0 saturated heterocycles. The minimum Gasteiger partial charge on any atom is -0.348 e. The summed E-state index contributed by atoms with van der Waals surface area (Å²) >= 11 is 0. The SMILES string of the molecule is Cl.NNc1cccc2c1CNC2=O. The number of hydrogen-bond donors (Lipinski definition) is 3. The van der Waals surface area contributed by atoms with Crippen molar-refractivity contribution < 1.29 is 4.79 Å². The van der Waals surface area contributed by atoms with Crippen LogP contribution in [0.15, 0.2) is 18.2 Å². The molecule has 0 aromatic heterocycles. The second kappa shape index (κ2) is 3.64. The highest BCUT2D eigenvalue weighted by molar-refractivity contribution is 5.99. The van der Waals surface area contributed by atoms with Crippen LogP contribution in [0.25, 0.3) is 0 Å². The van der Waals surface area contributed by atoms with Crippen molar-refractivity contribution in [3.63, 3.8) is 0 Å². The number of carbonyl (C=O) groups excluding carboxylic acids is 1. The molecule has 70 valence electrons. The van der Waals surface area contributed by atoms with Crippen LogP contribution in [0.3, 0.4) is 0 Å². The van der Waals surface area contributed by atoms with E-state index in [1.54, 1.807) is 12.1 Å². The third-order valence-corrected chi connectivity index (χ3v) is 2.00. The summed E-state index contributed by atoms with van der Waals surface area (Å²) in [4.78, 5) is 11.2. The molecule has 13 heavy (non-hydrogen) atoms. The van der Waals surface area contributed by atoms with Crippen molar-refractivity contribution in [3.05, 3.63) is 29.3 Å². The number of hydrogen-bond acceptors (Lipinski definition) is 3. The number of rotatable bonds is 1. The number of nitrogen functional groups attached to an aromatic ring is 1. The van der Waals surface area contributed by atoms with Gasteiger partial charge in [0.15, 0.2) is 0 Å². The van der Waals surface area contributed by atoms with Crippen LogP contribution in [0, 0.1) is 0 Å². The maximum Gasteiger partial charge on any atom is 0.251 e. The lowest BCUT2D eigenvalue weighted by Gasteiger charge is -2.03. The van der Waals surface area contributed by atoms with Gasteiger partial charge in [0.2, 0.25) is 0 Å². The Labute approximate surface area is 81.9 Å². The topological polar surface area (TPSA) is 67.2 Å². The van der Waals surface area contributed by atoms with E-state index in [4.69, 9.17) is 5.84 Å². The Morgan fingerprint density at radius 3 is 2.92 bits per heavy atom. The molecule has 0 unspecified atom stereocenters. The Morgan fingerprint density at radius 2 is 2.23 bits per heavy atom. The molecule has 0 aliphatic carbocycles. The molecule has 0 bridgehead atoms. The zero-order valence-corrected chi connectivity index (χ0v) is 7.65. The van der Waals surface area contributed by atoms with Crippen LogP contribution in [0.4, 0.5) is 5.69 Å². The predicted octanol–water partition coefficient (Wildman–Crippen LogP) is 0.637. The van der Waals surface area contributed by atoms with Gasteiger partial charge in [0.25, 0.3) is 5.91 Å². The van der Waals surface area contributed by atoms with E-state index in [1.807, 2.05) is 6.07 Å². The van der Waals surface area contributed by atoms with Crippen LogP contribution in [-0.2, 0) is 6.54 Å². The molecule has 1 aliphatic heterocycles. The van der Waals surface area contributed by atoms with E-state index in [0.29, 0.717) is 12.1 Å². The van der Waals surface area contributed by atoms with Gasteiger partial charge in [-0.05, 0) is 12.1 Å². The molecule has 1 aliphatic rings. The highest BCUT2D eigenvalue weighted by Gasteiger charge is 2.20. The second-order valence-corrected chi connectivity index (χ2v) is 2.66. The van der Waals surface area contributed by atoms with Crippen LogP contribution in [0.5, 0.6) is 0 Å². The highest BCUT2D eigenvalue weighted by Crippen LogP contribution is 2.22. The van der Waals surface area contributed by atoms with Crippen molar-refractivity contribution in [3.8, 4) is 0 Å². The highest BCUT2D eigenvalue weighted by atomic mass is 35.5. The van der Waals surface area contributed by atoms with Gasteiger partial charge in [0, 0.05) is 17.7 Å². The minimum atomic E-state index is -0.0258. The van der Waals surface area contributed by atoms with Crippen LogP contribution in [0.2, 0.25) is 0 Å². The number of amides is 1. The Balaban J connectivity index is 0.000000845. The van der Waals surface area contributed by atoms with Gasteiger partial charge >= 0.3 is 0 Å². The summed E-state index contributed by atoms with van der Waals surface area (Å²) in [5.74, 6) is 5.25. The molecule has 1 aromatic carbocycles. The lowest BCUT2D eigenvalue weighted by Crippen LogP contribution is -2.12. The van der Waals surface area contributed by atoms with Crippen LogP contribution < -0.4 is 16.6 Å². The van der Waals surface area contributed by atoms with E-state index in [0.717, 1.165) is 11.3 Å². The van der Waals surface area contributed by atoms with E-state index >= 15 is 0 Å². The third kappa shape index (κ3) is 1.46. The minimum absolute atomic E-state index is 0. The van der Waals surface area contributed by atoms with E-state index in [2.05, 4.69) is 10.7 Å². The monoisotopic (exact) mass is 199 g/mol. The van der Waals surface area contributed by atoms with Gasteiger partial charge < -0.3 is 10.7 Å². The van der Waals surface area contributed by atoms with E-state index in [-0.39, 0.29) is 18.3 Å². The maximum atomic E-state index is 11.2. The Kier molecular flexibility index (Phi) is 2.75. The molecule has 0 fully saturated rings. The zero-order valence-electron chi connectivity index (χ0n) is 6.83. The van der Waals surface area contributed by atoms with Crippen LogP contribution in [-0.4, -0.2) is 5.91 Å². The van der Waals surface area contributed by atoms with Crippen LogP contribution >= 0.6 is 12.4 Å². The van der Waals surface area contributed by atoms with E-state index in [1.165, 1.54) is 0 Å². The van der Waals surface area contributed by atoms with Crippen molar-refractivity contribution in [2.24, 2.45) is 5.84 Å². The number of hydrazine groups is 1. The number of halogens is 1. The first-order valence-electron chi connectivity index (χ1n) is 3.69. The Bertz CT molecular complexity index is 340. The summed E-state index contributed by atoms with van der Waals surface area (Å²) in [7, 11) is 0. The molecule has 5 heteroatoms. The first-order chi connectivity index (χ1) is 5.83. The molecular formula is C8H10ClN3O. The number of nitrogens with two attached hydrogens (primary N) is 1. The van der Waals surface area contributed by atoms with E-state index < -0.39 is 0 Å². The summed E-state index contributed by atoms with van der Waals surface area (Å²) in [5, 5.41) is 2.73. The summed E-state index contributed by atoms with van der Waals surface area (Å²) in [6, 6.07) is 5.44. The second-order valence-electron chi connectivity index (χ2n) is 2.66. The van der Waals surface area contributed by atoms with Gasteiger partial charge in [-0.1, -0.05) is 6.07 Å². The molecule has 4 nitrogen and oxygen atoms in total. The largest absolute Gasteiger partial charge is 0.348 e.